The Balaban J connectivity index is 4.18. The molecule has 0 aliphatic carbocycles. The lowest BCUT2D eigenvalue weighted by Crippen LogP contribution is -2.01. The molecule has 0 aromatic rings. The highest BCUT2D eigenvalue weighted by Crippen LogP contribution is 2.49. The molecular weight excluding hydrogens is 207 g/mol. The first-order valence-electron chi connectivity index (χ1n) is 3.24. The van der Waals surface area contributed by atoms with E-state index in [4.69, 9.17) is 4.55 Å². The highest BCUT2D eigenvalue weighted by atomic mass is 32.2. The van der Waals surface area contributed by atoms with Gasteiger partial charge in [0.2, 0.25) is 0 Å². The molecule has 0 aromatic heterocycles. The van der Waals surface area contributed by atoms with E-state index in [0.29, 0.717) is 0 Å². The molecule has 74 valence electrons. The van der Waals surface area contributed by atoms with Crippen molar-refractivity contribution in [2.24, 2.45) is 0 Å². The molecule has 1 N–H and O–H groups in total. The lowest BCUT2D eigenvalue weighted by Gasteiger charge is -2.12. The minimum absolute atomic E-state index is 0.0779. The zero-order valence-corrected chi connectivity index (χ0v) is 8.47. The van der Waals surface area contributed by atoms with Crippen molar-refractivity contribution >= 4 is 19.2 Å². The van der Waals surface area contributed by atoms with Crippen LogP contribution in [0.15, 0.2) is 0 Å². The highest BCUT2D eigenvalue weighted by molar-refractivity contribution is 7.79. The van der Waals surface area contributed by atoms with Gasteiger partial charge in [-0.3, -0.25) is 13.6 Å². The maximum atomic E-state index is 11.2. The van der Waals surface area contributed by atoms with Crippen LogP contribution in [0, 0.1) is 0 Å². The van der Waals surface area contributed by atoms with Crippen LogP contribution >= 0.6 is 7.82 Å². The van der Waals surface area contributed by atoms with Crippen molar-refractivity contribution in [1.82, 2.24) is 0 Å². The van der Waals surface area contributed by atoms with Crippen molar-refractivity contribution in [1.29, 1.82) is 0 Å². The van der Waals surface area contributed by atoms with Gasteiger partial charge in [0.1, 0.15) is 0 Å². The predicted molar refractivity (Wildman–Crippen MR) is 42.7 cm³/mol. The van der Waals surface area contributed by atoms with Crippen LogP contribution in [0.2, 0.25) is 0 Å². The number of hydrogen-bond donors (Lipinski definition) is 1. The van der Waals surface area contributed by atoms with Crippen molar-refractivity contribution in [2.75, 3.05) is 13.2 Å². The smallest absolute Gasteiger partial charge is 0.286 e. The molecule has 1 unspecified atom stereocenters. The van der Waals surface area contributed by atoms with Crippen molar-refractivity contribution in [2.45, 2.75) is 13.8 Å². The van der Waals surface area contributed by atoms with Gasteiger partial charge in [-0.2, -0.15) is 8.18 Å². The van der Waals surface area contributed by atoms with Gasteiger partial charge in [0, 0.05) is 0 Å². The fraction of sp³-hybridized carbons (Fsp3) is 1.00. The zero-order valence-electron chi connectivity index (χ0n) is 6.76. The molecule has 0 spiro atoms. The lowest BCUT2D eigenvalue weighted by molar-refractivity contribution is 0.168. The molecule has 0 radical (unpaired) electrons. The Hall–Kier alpha value is 0.220. The van der Waals surface area contributed by atoms with Gasteiger partial charge < -0.3 is 0 Å². The first-order chi connectivity index (χ1) is 5.54. The van der Waals surface area contributed by atoms with Crippen molar-refractivity contribution in [3.8, 4) is 0 Å². The van der Waals surface area contributed by atoms with Crippen LogP contribution in [0.3, 0.4) is 0 Å². The van der Waals surface area contributed by atoms with E-state index in [1.807, 2.05) is 0 Å². The standard InChI is InChI=1S/C4H11O6PS/c1-3-8-11(5,9-4-2)10-12(6)7/h3-4H2,1-2H3,(H,6,7). The third kappa shape index (κ3) is 4.97. The maximum absolute atomic E-state index is 11.2. The summed E-state index contributed by atoms with van der Waals surface area (Å²) in [4.78, 5) is 0. The van der Waals surface area contributed by atoms with Crippen LogP contribution in [0.1, 0.15) is 13.8 Å². The molecule has 0 saturated carbocycles. The highest BCUT2D eigenvalue weighted by Gasteiger charge is 2.28. The van der Waals surface area contributed by atoms with E-state index in [1.165, 1.54) is 0 Å². The van der Waals surface area contributed by atoms with Gasteiger partial charge in [0.15, 0.2) is 0 Å². The number of rotatable bonds is 6. The van der Waals surface area contributed by atoms with Crippen LogP contribution in [0.25, 0.3) is 0 Å². The van der Waals surface area contributed by atoms with Crippen LogP contribution in [0.5, 0.6) is 0 Å². The molecule has 8 heteroatoms. The third-order valence-corrected chi connectivity index (χ3v) is 3.12. The van der Waals surface area contributed by atoms with E-state index in [2.05, 4.69) is 13.0 Å². The van der Waals surface area contributed by atoms with E-state index in [-0.39, 0.29) is 13.2 Å². The molecule has 0 fully saturated rings. The molecule has 1 atom stereocenters. The number of phosphoric ester groups is 1. The summed E-state index contributed by atoms with van der Waals surface area (Å²) >= 11 is -2.65. The van der Waals surface area contributed by atoms with Crippen molar-refractivity contribution < 1.29 is 26.3 Å². The van der Waals surface area contributed by atoms with Gasteiger partial charge in [-0.05, 0) is 13.8 Å². The van der Waals surface area contributed by atoms with Crippen LogP contribution in [-0.2, 0) is 28.9 Å². The monoisotopic (exact) mass is 218 g/mol. The van der Waals surface area contributed by atoms with Crippen LogP contribution < -0.4 is 0 Å². The summed E-state index contributed by atoms with van der Waals surface area (Å²) in [6.45, 7) is 3.29. The second-order valence-corrected chi connectivity index (χ2v) is 4.02. The third-order valence-electron chi connectivity index (χ3n) is 0.729. The van der Waals surface area contributed by atoms with E-state index >= 15 is 0 Å². The molecule has 0 amide bonds. The second kappa shape index (κ2) is 5.80. The summed E-state index contributed by atoms with van der Waals surface area (Å²) in [6.07, 6.45) is 0. The van der Waals surface area contributed by atoms with E-state index in [9.17, 15) is 8.77 Å². The fourth-order valence-corrected chi connectivity index (χ4v) is 2.15. The Morgan fingerprint density at radius 1 is 1.33 bits per heavy atom. The number of phosphoric acid groups is 1. The maximum Gasteiger partial charge on any atom is 0.489 e. The first kappa shape index (κ1) is 12.2. The Morgan fingerprint density at radius 3 is 2.00 bits per heavy atom. The summed E-state index contributed by atoms with van der Waals surface area (Å²) in [6, 6.07) is 0. The second-order valence-electron chi connectivity index (χ2n) is 1.57. The molecule has 0 aliphatic rings. The van der Waals surface area contributed by atoms with Gasteiger partial charge in [-0.1, -0.05) is 0 Å². The molecule has 0 saturated heterocycles. The average Bonchev–Trinajstić information content (AvgIpc) is 1.85. The van der Waals surface area contributed by atoms with E-state index in [1.54, 1.807) is 13.8 Å². The number of hydrogen-bond acceptors (Lipinski definition) is 5. The molecule has 0 aliphatic heterocycles. The Kier molecular flexibility index (Phi) is 5.90. The van der Waals surface area contributed by atoms with Gasteiger partial charge >= 0.3 is 19.2 Å². The lowest BCUT2D eigenvalue weighted by atomic mass is 10.9. The fourth-order valence-electron chi connectivity index (χ4n) is 0.475. The van der Waals surface area contributed by atoms with Crippen LogP contribution in [-0.4, -0.2) is 22.0 Å². The Morgan fingerprint density at radius 2 is 1.75 bits per heavy atom. The zero-order chi connectivity index (χ0) is 9.61. The summed E-state index contributed by atoms with van der Waals surface area (Å²) < 4.78 is 42.7. The SMILES string of the molecule is CCOP(=O)(OCC)OS(=O)O. The van der Waals surface area contributed by atoms with E-state index in [0.717, 1.165) is 0 Å². The van der Waals surface area contributed by atoms with Gasteiger partial charge in [-0.15, -0.1) is 0 Å². The summed E-state index contributed by atoms with van der Waals surface area (Å²) in [5.41, 5.74) is 0. The molecule has 12 heavy (non-hydrogen) atoms. The molecule has 0 bridgehead atoms. The average molecular weight is 218 g/mol. The molecule has 0 rings (SSSR count). The van der Waals surface area contributed by atoms with Crippen molar-refractivity contribution in [3.63, 3.8) is 0 Å². The van der Waals surface area contributed by atoms with Crippen molar-refractivity contribution in [3.05, 3.63) is 0 Å². The summed E-state index contributed by atoms with van der Waals surface area (Å²) in [5, 5.41) is 0. The van der Waals surface area contributed by atoms with Gasteiger partial charge in [-0.25, -0.2) is 4.57 Å². The van der Waals surface area contributed by atoms with Gasteiger partial charge in [0.25, 0.3) is 0 Å². The van der Waals surface area contributed by atoms with Gasteiger partial charge in [0.05, 0.1) is 13.2 Å². The predicted octanol–water partition coefficient (Wildman–Crippen LogP) is 1.32. The summed E-state index contributed by atoms with van der Waals surface area (Å²) in [5.74, 6) is 0. The van der Waals surface area contributed by atoms with E-state index < -0.39 is 19.2 Å². The molecule has 0 aromatic carbocycles. The molecule has 6 nitrogen and oxygen atoms in total. The minimum atomic E-state index is -3.83. The minimum Gasteiger partial charge on any atom is -0.286 e. The normalized spacial score (nSPS) is 14.6. The topological polar surface area (TPSA) is 82.1 Å². The first-order valence-corrected chi connectivity index (χ1v) is 5.73. The Labute approximate surface area is 73.3 Å². The Bertz CT molecular complexity index is 184. The quantitative estimate of drug-likeness (QED) is 0.534. The molecule has 0 heterocycles. The van der Waals surface area contributed by atoms with Crippen LogP contribution in [0.4, 0.5) is 0 Å². The largest absolute Gasteiger partial charge is 0.489 e. The molecular formula is C4H11O6PS. The summed E-state index contributed by atoms with van der Waals surface area (Å²) in [7, 11) is -3.83.